The maximum atomic E-state index is 12.8. The van der Waals surface area contributed by atoms with Gasteiger partial charge in [0.1, 0.15) is 6.04 Å². The van der Waals surface area contributed by atoms with Crippen LogP contribution in [0.25, 0.3) is 0 Å². The molecule has 1 aliphatic rings. The number of amides is 1. The Bertz CT molecular complexity index is 665. The fourth-order valence-electron chi connectivity index (χ4n) is 3.04. The van der Waals surface area contributed by atoms with Crippen molar-refractivity contribution < 1.29 is 13.2 Å². The van der Waals surface area contributed by atoms with Crippen molar-refractivity contribution in [1.29, 1.82) is 0 Å². The van der Waals surface area contributed by atoms with Crippen LogP contribution >= 0.6 is 0 Å². The van der Waals surface area contributed by atoms with Gasteiger partial charge in [0.15, 0.2) is 0 Å². The molecule has 1 aromatic carbocycles. The molecule has 1 atom stereocenters. The molecule has 7 heteroatoms. The van der Waals surface area contributed by atoms with Crippen LogP contribution in [0.3, 0.4) is 0 Å². The lowest BCUT2D eigenvalue weighted by atomic mass is 10.2. The summed E-state index contributed by atoms with van der Waals surface area (Å²) in [5.74, 6) is -0.142. The van der Waals surface area contributed by atoms with Crippen LogP contribution in [0.5, 0.6) is 0 Å². The molecule has 24 heavy (non-hydrogen) atoms. The van der Waals surface area contributed by atoms with Crippen LogP contribution in [0, 0.1) is 6.92 Å². The predicted molar refractivity (Wildman–Crippen MR) is 96.7 cm³/mol. The number of aryl methyl sites for hydroxylation is 1. The number of rotatable bonds is 5. The molecule has 0 N–H and O–H groups in total. The molecule has 0 bridgehead atoms. The number of carbonyl (C=O) groups is 1. The van der Waals surface area contributed by atoms with Crippen LogP contribution in [-0.2, 0) is 14.8 Å². The Morgan fingerprint density at radius 2 is 1.71 bits per heavy atom. The number of anilines is 1. The average molecular weight is 353 g/mol. The zero-order valence-corrected chi connectivity index (χ0v) is 15.7. The SMILES string of the molecule is CCN1CCN(C(=O)[C@H](C)N(c2ccc(C)cc2)S(C)(=O)=O)CC1. The molecular formula is C17H27N3O3S. The zero-order valence-electron chi connectivity index (χ0n) is 14.9. The van der Waals surface area contributed by atoms with E-state index in [1.165, 1.54) is 4.31 Å². The summed E-state index contributed by atoms with van der Waals surface area (Å²) in [6.07, 6.45) is 1.14. The van der Waals surface area contributed by atoms with E-state index >= 15 is 0 Å². The van der Waals surface area contributed by atoms with Crippen molar-refractivity contribution in [3.63, 3.8) is 0 Å². The van der Waals surface area contributed by atoms with E-state index in [4.69, 9.17) is 0 Å². The van der Waals surface area contributed by atoms with E-state index in [2.05, 4.69) is 11.8 Å². The van der Waals surface area contributed by atoms with Crippen LogP contribution in [0.4, 0.5) is 5.69 Å². The minimum atomic E-state index is -3.55. The number of likely N-dealkylation sites (N-methyl/N-ethyl adjacent to an activating group) is 1. The number of hydrogen-bond donors (Lipinski definition) is 0. The number of carbonyl (C=O) groups excluding carboxylic acids is 1. The van der Waals surface area contributed by atoms with Crippen LogP contribution in [0.15, 0.2) is 24.3 Å². The largest absolute Gasteiger partial charge is 0.338 e. The first kappa shape index (κ1) is 18.7. The van der Waals surface area contributed by atoms with Crippen molar-refractivity contribution in [1.82, 2.24) is 9.80 Å². The van der Waals surface area contributed by atoms with Gasteiger partial charge in [0.25, 0.3) is 0 Å². The number of nitrogens with zero attached hydrogens (tertiary/aromatic N) is 3. The molecule has 0 saturated carbocycles. The number of sulfonamides is 1. The summed E-state index contributed by atoms with van der Waals surface area (Å²) < 4.78 is 25.8. The second-order valence-corrected chi connectivity index (χ2v) is 8.19. The van der Waals surface area contributed by atoms with Gasteiger partial charge in [0.2, 0.25) is 15.9 Å². The molecule has 0 radical (unpaired) electrons. The van der Waals surface area contributed by atoms with Gasteiger partial charge in [-0.05, 0) is 32.5 Å². The fraction of sp³-hybridized carbons (Fsp3) is 0.588. The van der Waals surface area contributed by atoms with Gasteiger partial charge in [0, 0.05) is 26.2 Å². The van der Waals surface area contributed by atoms with Gasteiger partial charge in [-0.1, -0.05) is 24.6 Å². The smallest absolute Gasteiger partial charge is 0.246 e. The summed E-state index contributed by atoms with van der Waals surface area (Å²) in [7, 11) is -3.55. The topological polar surface area (TPSA) is 60.9 Å². The standard InChI is InChI=1S/C17H27N3O3S/c1-5-18-10-12-19(13-11-18)17(21)15(3)20(24(4,22)23)16-8-6-14(2)7-9-16/h6-9,15H,5,10-13H2,1-4H3/t15-/m0/s1. The molecule has 0 aliphatic carbocycles. The molecule has 0 spiro atoms. The third-order valence-electron chi connectivity index (χ3n) is 4.49. The first-order valence-electron chi connectivity index (χ1n) is 8.31. The van der Waals surface area contributed by atoms with Gasteiger partial charge in [0.05, 0.1) is 11.9 Å². The maximum absolute atomic E-state index is 12.8. The molecule has 1 amide bonds. The van der Waals surface area contributed by atoms with E-state index in [0.29, 0.717) is 18.8 Å². The molecule has 134 valence electrons. The van der Waals surface area contributed by atoms with Crippen molar-refractivity contribution in [2.24, 2.45) is 0 Å². The lowest BCUT2D eigenvalue weighted by Crippen LogP contribution is -2.55. The third-order valence-corrected chi connectivity index (χ3v) is 5.73. The molecule has 0 unspecified atom stereocenters. The highest BCUT2D eigenvalue weighted by Crippen LogP contribution is 2.22. The maximum Gasteiger partial charge on any atom is 0.246 e. The number of piperazine rings is 1. The molecule has 0 aromatic heterocycles. The number of benzene rings is 1. The van der Waals surface area contributed by atoms with Gasteiger partial charge in [-0.2, -0.15) is 0 Å². The lowest BCUT2D eigenvalue weighted by molar-refractivity contribution is -0.133. The second-order valence-electron chi connectivity index (χ2n) is 6.33. The molecule has 1 aromatic rings. The van der Waals surface area contributed by atoms with Gasteiger partial charge >= 0.3 is 0 Å². The van der Waals surface area contributed by atoms with Gasteiger partial charge in [-0.15, -0.1) is 0 Å². The average Bonchev–Trinajstić information content (AvgIpc) is 2.55. The third kappa shape index (κ3) is 4.27. The minimum absolute atomic E-state index is 0.142. The van der Waals surface area contributed by atoms with E-state index < -0.39 is 16.1 Å². The Balaban J connectivity index is 2.20. The van der Waals surface area contributed by atoms with E-state index in [9.17, 15) is 13.2 Å². The first-order valence-corrected chi connectivity index (χ1v) is 10.2. The van der Waals surface area contributed by atoms with Crippen molar-refractivity contribution in [3.8, 4) is 0 Å². The summed E-state index contributed by atoms with van der Waals surface area (Å²) in [5, 5.41) is 0. The van der Waals surface area contributed by atoms with Gasteiger partial charge in [-0.25, -0.2) is 8.42 Å². The summed E-state index contributed by atoms with van der Waals surface area (Å²) in [4.78, 5) is 16.9. The highest BCUT2D eigenvalue weighted by atomic mass is 32.2. The monoisotopic (exact) mass is 353 g/mol. The summed E-state index contributed by atoms with van der Waals surface area (Å²) in [5.41, 5.74) is 1.57. The fourth-order valence-corrected chi connectivity index (χ4v) is 4.21. The highest BCUT2D eigenvalue weighted by molar-refractivity contribution is 7.92. The molecule has 1 heterocycles. The quantitative estimate of drug-likeness (QED) is 0.801. The highest BCUT2D eigenvalue weighted by Gasteiger charge is 2.33. The first-order chi connectivity index (χ1) is 11.2. The van der Waals surface area contributed by atoms with E-state index in [1.54, 1.807) is 24.0 Å². The van der Waals surface area contributed by atoms with Crippen LogP contribution in [-0.4, -0.2) is 69.1 Å². The minimum Gasteiger partial charge on any atom is -0.338 e. The Kier molecular flexibility index (Phi) is 5.87. The summed E-state index contributed by atoms with van der Waals surface area (Å²) >= 11 is 0. The van der Waals surface area contributed by atoms with Crippen molar-refractivity contribution >= 4 is 21.6 Å². The van der Waals surface area contributed by atoms with Crippen molar-refractivity contribution in [2.75, 3.05) is 43.3 Å². The Labute approximate surface area is 145 Å². The zero-order chi connectivity index (χ0) is 17.9. The van der Waals surface area contributed by atoms with Crippen LogP contribution in [0.2, 0.25) is 0 Å². The molecular weight excluding hydrogens is 326 g/mol. The van der Waals surface area contributed by atoms with Crippen molar-refractivity contribution in [3.05, 3.63) is 29.8 Å². The molecule has 2 rings (SSSR count). The van der Waals surface area contributed by atoms with Gasteiger partial charge < -0.3 is 9.80 Å². The Morgan fingerprint density at radius 1 is 1.17 bits per heavy atom. The number of hydrogen-bond acceptors (Lipinski definition) is 4. The van der Waals surface area contributed by atoms with Crippen molar-refractivity contribution in [2.45, 2.75) is 26.8 Å². The normalized spacial score (nSPS) is 17.6. The predicted octanol–water partition coefficient (Wildman–Crippen LogP) is 1.31. The molecule has 1 fully saturated rings. The van der Waals surface area contributed by atoms with Gasteiger partial charge in [-0.3, -0.25) is 9.10 Å². The lowest BCUT2D eigenvalue weighted by Gasteiger charge is -2.37. The second kappa shape index (κ2) is 7.53. The summed E-state index contributed by atoms with van der Waals surface area (Å²) in [6, 6.07) is 6.44. The van der Waals surface area contributed by atoms with Crippen LogP contribution < -0.4 is 4.31 Å². The van der Waals surface area contributed by atoms with Crippen LogP contribution in [0.1, 0.15) is 19.4 Å². The Morgan fingerprint density at radius 3 is 2.17 bits per heavy atom. The summed E-state index contributed by atoms with van der Waals surface area (Å²) in [6.45, 7) is 9.62. The van der Waals surface area contributed by atoms with E-state index in [-0.39, 0.29) is 5.91 Å². The molecule has 1 saturated heterocycles. The Hall–Kier alpha value is -1.60. The van der Waals surface area contributed by atoms with E-state index in [1.807, 2.05) is 19.1 Å². The molecule has 1 aliphatic heterocycles. The van der Waals surface area contributed by atoms with E-state index in [0.717, 1.165) is 31.5 Å². The molecule has 6 nitrogen and oxygen atoms in total.